The van der Waals surface area contributed by atoms with Crippen LogP contribution in [0.15, 0.2) is 66.7 Å². The zero-order chi connectivity index (χ0) is 23.5. The summed E-state index contributed by atoms with van der Waals surface area (Å²) in [5, 5.41) is 0.691. The van der Waals surface area contributed by atoms with Crippen LogP contribution in [0.25, 0.3) is 10.2 Å². The molecule has 0 fully saturated rings. The number of hydrogen-bond acceptors (Lipinski definition) is 6. The average Bonchev–Trinajstić information content (AvgIpc) is 3.46. The van der Waals surface area contributed by atoms with Gasteiger partial charge in [0.05, 0.1) is 10.2 Å². The fraction of sp³-hybridized carbons (Fsp3) is 0.259. The van der Waals surface area contributed by atoms with Crippen molar-refractivity contribution < 1.29 is 14.3 Å². The van der Waals surface area contributed by atoms with E-state index in [1.807, 2.05) is 68.7 Å². The summed E-state index contributed by atoms with van der Waals surface area (Å²) in [7, 11) is 4.08. The second kappa shape index (κ2) is 11.1. The van der Waals surface area contributed by atoms with Crippen molar-refractivity contribution >= 4 is 45.0 Å². The van der Waals surface area contributed by atoms with Crippen molar-refractivity contribution in [3.63, 3.8) is 0 Å². The Kier molecular flexibility index (Phi) is 7.90. The molecule has 8 heteroatoms. The second-order valence-corrected chi connectivity index (χ2v) is 9.65. The van der Waals surface area contributed by atoms with Crippen LogP contribution in [0.2, 0.25) is 0 Å². The average molecular weight is 510 g/mol. The Morgan fingerprint density at radius 2 is 1.63 bits per heavy atom. The Bertz CT molecular complexity index is 1250. The number of rotatable bonds is 8. The van der Waals surface area contributed by atoms with Gasteiger partial charge in [-0.1, -0.05) is 53.8 Å². The van der Waals surface area contributed by atoms with Gasteiger partial charge in [0.15, 0.2) is 16.6 Å². The summed E-state index contributed by atoms with van der Waals surface area (Å²) in [4.78, 5) is 22.3. The van der Waals surface area contributed by atoms with E-state index < -0.39 is 0 Å². The maximum atomic E-state index is 13.6. The van der Waals surface area contributed by atoms with Crippen molar-refractivity contribution in [3.05, 3.63) is 83.4 Å². The number of amides is 1. The largest absolute Gasteiger partial charge is 0.454 e. The number of carbonyl (C=O) groups excluding carboxylic acids is 1. The SMILES string of the molecule is CN(C)CCCN(C(=O)c1ccc(Cc2ccccc2)cc1)c1nc2cc3c(cc2s1)OCO3.Cl. The summed E-state index contributed by atoms with van der Waals surface area (Å²) in [6, 6.07) is 22.1. The van der Waals surface area contributed by atoms with E-state index in [-0.39, 0.29) is 25.1 Å². The van der Waals surface area contributed by atoms with Crippen molar-refractivity contribution in [2.45, 2.75) is 12.8 Å². The van der Waals surface area contributed by atoms with E-state index in [0.717, 1.165) is 35.4 Å². The first kappa shape index (κ1) is 25.0. The molecule has 0 aliphatic carbocycles. The molecule has 1 aliphatic rings. The minimum atomic E-state index is -0.0379. The molecule has 3 aromatic carbocycles. The van der Waals surface area contributed by atoms with Gasteiger partial charge < -0.3 is 14.4 Å². The minimum Gasteiger partial charge on any atom is -0.454 e. The van der Waals surface area contributed by atoms with Crippen molar-refractivity contribution in [1.29, 1.82) is 0 Å². The predicted molar refractivity (Wildman–Crippen MR) is 144 cm³/mol. The number of benzene rings is 3. The molecule has 35 heavy (non-hydrogen) atoms. The summed E-state index contributed by atoms with van der Waals surface area (Å²) in [6.07, 6.45) is 1.69. The Morgan fingerprint density at radius 1 is 0.943 bits per heavy atom. The van der Waals surface area contributed by atoms with Gasteiger partial charge >= 0.3 is 0 Å². The van der Waals surface area contributed by atoms with Gasteiger partial charge in [0.2, 0.25) is 6.79 Å². The van der Waals surface area contributed by atoms with E-state index >= 15 is 0 Å². The Labute approximate surface area is 215 Å². The normalized spacial score (nSPS) is 12.1. The van der Waals surface area contributed by atoms with Gasteiger partial charge in [0, 0.05) is 24.2 Å². The highest BCUT2D eigenvalue weighted by Crippen LogP contribution is 2.40. The van der Waals surface area contributed by atoms with Crippen LogP contribution in [-0.4, -0.2) is 49.8 Å². The summed E-state index contributed by atoms with van der Waals surface area (Å²) >= 11 is 1.50. The van der Waals surface area contributed by atoms with Gasteiger partial charge in [0.25, 0.3) is 5.91 Å². The lowest BCUT2D eigenvalue weighted by molar-refractivity contribution is 0.0986. The number of thiazole rings is 1. The highest BCUT2D eigenvalue weighted by atomic mass is 35.5. The third-order valence-corrected chi connectivity index (χ3v) is 6.83. The molecule has 4 aromatic rings. The lowest BCUT2D eigenvalue weighted by atomic mass is 10.0. The Balaban J connectivity index is 0.00000289. The molecule has 0 saturated heterocycles. The Morgan fingerprint density at radius 3 is 2.34 bits per heavy atom. The van der Waals surface area contributed by atoms with E-state index in [1.165, 1.54) is 22.5 Å². The number of nitrogens with zero attached hydrogens (tertiary/aromatic N) is 3. The summed E-state index contributed by atoms with van der Waals surface area (Å²) < 4.78 is 12.0. The zero-order valence-corrected chi connectivity index (χ0v) is 21.4. The van der Waals surface area contributed by atoms with Crippen LogP contribution >= 0.6 is 23.7 Å². The topological polar surface area (TPSA) is 54.9 Å². The molecule has 182 valence electrons. The third kappa shape index (κ3) is 5.75. The minimum absolute atomic E-state index is 0. The van der Waals surface area contributed by atoms with Gasteiger partial charge in [-0.15, -0.1) is 12.4 Å². The standard InChI is InChI=1S/C27H27N3O3S.ClH/c1-29(2)13-6-14-30(27-28-22-16-23-24(33-18-32-23)17-25(22)34-27)26(31)21-11-9-20(10-12-21)15-19-7-4-3-5-8-19;/h3-5,7-12,16-17H,6,13-15,18H2,1-2H3;1H. The number of ether oxygens (including phenoxy) is 2. The molecule has 0 bridgehead atoms. The van der Waals surface area contributed by atoms with E-state index in [0.29, 0.717) is 23.0 Å². The number of aromatic nitrogens is 1. The van der Waals surface area contributed by atoms with Crippen LogP contribution in [0.1, 0.15) is 27.9 Å². The lowest BCUT2D eigenvalue weighted by Gasteiger charge is -2.21. The monoisotopic (exact) mass is 509 g/mol. The van der Waals surface area contributed by atoms with E-state index in [4.69, 9.17) is 14.5 Å². The number of hydrogen-bond donors (Lipinski definition) is 0. The van der Waals surface area contributed by atoms with E-state index in [1.54, 1.807) is 4.90 Å². The van der Waals surface area contributed by atoms with Gasteiger partial charge in [0.1, 0.15) is 0 Å². The fourth-order valence-electron chi connectivity index (χ4n) is 4.00. The van der Waals surface area contributed by atoms with Crippen molar-refractivity contribution in [1.82, 2.24) is 9.88 Å². The highest BCUT2D eigenvalue weighted by molar-refractivity contribution is 7.22. The summed E-state index contributed by atoms with van der Waals surface area (Å²) in [6.45, 7) is 1.71. The summed E-state index contributed by atoms with van der Waals surface area (Å²) in [5.41, 5.74) is 3.90. The van der Waals surface area contributed by atoms with Crippen LogP contribution in [0.3, 0.4) is 0 Å². The molecule has 0 N–H and O–H groups in total. The molecule has 0 spiro atoms. The molecular formula is C27H28ClN3O3S. The van der Waals surface area contributed by atoms with Crippen LogP contribution in [0.5, 0.6) is 11.5 Å². The third-order valence-electron chi connectivity index (χ3n) is 5.79. The molecule has 0 unspecified atom stereocenters. The van der Waals surface area contributed by atoms with Crippen molar-refractivity contribution in [2.75, 3.05) is 38.9 Å². The molecule has 6 nitrogen and oxygen atoms in total. The molecular weight excluding hydrogens is 482 g/mol. The van der Waals surface area contributed by atoms with Gasteiger partial charge in [-0.05, 0) is 56.7 Å². The molecule has 0 atom stereocenters. The number of fused-ring (bicyclic) bond motifs is 2. The smallest absolute Gasteiger partial charge is 0.260 e. The molecule has 0 radical (unpaired) electrons. The second-order valence-electron chi connectivity index (χ2n) is 8.64. The first-order valence-electron chi connectivity index (χ1n) is 11.4. The number of halogens is 1. The van der Waals surface area contributed by atoms with Crippen molar-refractivity contribution in [2.24, 2.45) is 0 Å². The first-order valence-corrected chi connectivity index (χ1v) is 12.2. The maximum Gasteiger partial charge on any atom is 0.260 e. The quantitative estimate of drug-likeness (QED) is 0.308. The van der Waals surface area contributed by atoms with E-state index in [2.05, 4.69) is 17.0 Å². The molecule has 1 amide bonds. The van der Waals surface area contributed by atoms with E-state index in [9.17, 15) is 4.79 Å². The van der Waals surface area contributed by atoms with Gasteiger partial charge in [-0.3, -0.25) is 9.69 Å². The fourth-order valence-corrected chi connectivity index (χ4v) is 5.00. The molecule has 1 aromatic heterocycles. The van der Waals surface area contributed by atoms with Crippen LogP contribution in [0, 0.1) is 0 Å². The number of carbonyl (C=O) groups is 1. The van der Waals surface area contributed by atoms with Crippen LogP contribution in [-0.2, 0) is 6.42 Å². The van der Waals surface area contributed by atoms with Gasteiger partial charge in [-0.2, -0.15) is 0 Å². The molecule has 2 heterocycles. The molecule has 1 aliphatic heterocycles. The maximum absolute atomic E-state index is 13.6. The van der Waals surface area contributed by atoms with Crippen LogP contribution in [0.4, 0.5) is 5.13 Å². The molecule has 0 saturated carbocycles. The van der Waals surface area contributed by atoms with Gasteiger partial charge in [-0.25, -0.2) is 4.98 Å². The lowest BCUT2D eigenvalue weighted by Crippen LogP contribution is -2.33. The van der Waals surface area contributed by atoms with Crippen molar-refractivity contribution in [3.8, 4) is 11.5 Å². The summed E-state index contributed by atoms with van der Waals surface area (Å²) in [5.74, 6) is 1.38. The Hall–Kier alpha value is -3.13. The zero-order valence-electron chi connectivity index (χ0n) is 19.8. The molecule has 5 rings (SSSR count). The van der Waals surface area contributed by atoms with Crippen LogP contribution < -0.4 is 14.4 Å². The highest BCUT2D eigenvalue weighted by Gasteiger charge is 2.23. The predicted octanol–water partition coefficient (Wildman–Crippen LogP) is 5.64. The number of anilines is 1. The first-order chi connectivity index (χ1) is 16.6.